The third kappa shape index (κ3) is 4.18. The van der Waals surface area contributed by atoms with E-state index in [0.717, 1.165) is 0 Å². The van der Waals surface area contributed by atoms with E-state index < -0.39 is 0 Å². The number of aryl methyl sites for hydroxylation is 1. The summed E-state index contributed by atoms with van der Waals surface area (Å²) < 4.78 is 0. The molecule has 125 valence electrons. The average molecular weight is 438 g/mol. The summed E-state index contributed by atoms with van der Waals surface area (Å²) in [6, 6.07) is 15.9. The van der Waals surface area contributed by atoms with E-state index in [1.807, 2.05) is 0 Å². The van der Waals surface area contributed by atoms with Gasteiger partial charge in [0.25, 0.3) is 0 Å². The zero-order valence-electron chi connectivity index (χ0n) is 14.9. The maximum Gasteiger partial charge on any atom is 3.00 e. The summed E-state index contributed by atoms with van der Waals surface area (Å²) >= 11 is 0. The maximum atomic E-state index is 2.37. The fraction of sp³-hybridized carbons (Fsp3) is 0.286. The van der Waals surface area contributed by atoms with Crippen molar-refractivity contribution >= 4 is 10.8 Å². The van der Waals surface area contributed by atoms with Crippen LogP contribution in [0.15, 0.2) is 42.5 Å². The molecule has 0 aliphatic carbocycles. The van der Waals surface area contributed by atoms with Crippen molar-refractivity contribution in [3.8, 4) is 11.1 Å². The summed E-state index contributed by atoms with van der Waals surface area (Å²) in [5, 5.41) is 2.74. The van der Waals surface area contributed by atoms with Gasteiger partial charge in [-0.1, -0.05) is 37.6 Å². The quantitative estimate of drug-likeness (QED) is 0.506. The molecular weight excluding hydrogens is 414 g/mol. The molecule has 0 N–H and O–H groups in total. The van der Waals surface area contributed by atoms with Gasteiger partial charge in [-0.3, -0.25) is 0 Å². The minimum Gasteiger partial charge on any atom is -1.00 e. The Balaban J connectivity index is 0.00000176. The molecule has 0 amide bonds. The number of rotatable bonds is 2. The number of fused-ring (bicyclic) bond motifs is 1. The van der Waals surface area contributed by atoms with Crippen LogP contribution in [-0.2, 0) is 26.2 Å². The summed E-state index contributed by atoms with van der Waals surface area (Å²) in [5.41, 5.74) is 8.33. The number of halogens is 2. The molecule has 0 aromatic heterocycles. The minimum absolute atomic E-state index is 0. The third-order valence-corrected chi connectivity index (χ3v) is 4.79. The fourth-order valence-electron chi connectivity index (χ4n) is 3.07. The van der Waals surface area contributed by atoms with E-state index in [1.165, 1.54) is 44.2 Å². The molecule has 0 bridgehead atoms. The Hall–Kier alpha value is -0.487. The molecule has 0 heterocycles. The van der Waals surface area contributed by atoms with E-state index in [0.29, 0.717) is 5.92 Å². The van der Waals surface area contributed by atoms with E-state index in [9.17, 15) is 0 Å². The van der Waals surface area contributed by atoms with Crippen molar-refractivity contribution in [2.24, 2.45) is 0 Å². The number of benzene rings is 2. The predicted octanol–water partition coefficient (Wildman–Crippen LogP) is 0.280. The van der Waals surface area contributed by atoms with Gasteiger partial charge in [0.15, 0.2) is 0 Å². The predicted molar refractivity (Wildman–Crippen MR) is 93.3 cm³/mol. The number of hydrogen-bond acceptors (Lipinski definition) is 0. The molecule has 0 saturated heterocycles. The van der Waals surface area contributed by atoms with E-state index in [4.69, 9.17) is 0 Å². The second-order valence-corrected chi connectivity index (χ2v) is 6.43. The summed E-state index contributed by atoms with van der Waals surface area (Å²) in [7, 11) is 0. The molecule has 3 rings (SSSR count). The van der Waals surface area contributed by atoms with Gasteiger partial charge in [0, 0.05) is 0 Å². The maximum absolute atomic E-state index is 2.37. The molecule has 0 nitrogen and oxygen atoms in total. The first-order valence-corrected chi connectivity index (χ1v) is 7.75. The summed E-state index contributed by atoms with van der Waals surface area (Å²) in [5.74, 6) is 0.575. The van der Waals surface area contributed by atoms with Crippen LogP contribution in [0.5, 0.6) is 0 Å². The smallest absolute Gasteiger partial charge is 1.00 e. The van der Waals surface area contributed by atoms with Crippen molar-refractivity contribution in [3.63, 3.8) is 0 Å². The minimum atomic E-state index is 0. The van der Waals surface area contributed by atoms with Gasteiger partial charge in [-0.15, -0.1) is 34.5 Å². The molecule has 3 heteroatoms. The van der Waals surface area contributed by atoms with Crippen molar-refractivity contribution in [2.75, 3.05) is 0 Å². The Morgan fingerprint density at radius 1 is 0.833 bits per heavy atom. The topological polar surface area (TPSA) is 0 Å². The molecule has 1 radical (unpaired) electrons. The zero-order valence-corrected chi connectivity index (χ0v) is 18.8. The molecule has 0 saturated carbocycles. The van der Waals surface area contributed by atoms with Crippen molar-refractivity contribution in [1.29, 1.82) is 0 Å². The molecule has 0 aliphatic heterocycles. The van der Waals surface area contributed by atoms with Gasteiger partial charge in [-0.2, -0.15) is 6.07 Å². The van der Waals surface area contributed by atoms with Gasteiger partial charge in [0.2, 0.25) is 0 Å². The third-order valence-electron chi connectivity index (χ3n) is 4.79. The molecule has 3 aromatic rings. The molecule has 0 unspecified atom stereocenters. The Labute approximate surface area is 177 Å². The normalized spacial score (nSPS) is 10.1. The summed E-state index contributed by atoms with van der Waals surface area (Å²) in [6.07, 6.45) is 0. The molecule has 3 aromatic carbocycles. The van der Waals surface area contributed by atoms with E-state index in [2.05, 4.69) is 77.1 Å². The standard InChI is InChI=1S/C21H23.2ClH.Zr/c1-13(2)18-11-17-7-6-8-20(21(17)12-18)19-10-9-14(3)15(4)16(19)5;;;/h6-13H,1-5H3;2*1H;/q-1;;;+3/p-2. The van der Waals surface area contributed by atoms with Gasteiger partial charge in [-0.05, 0) is 48.9 Å². The SMILES string of the molecule is Cc1ccc(-c2cccc3[cH-]c(C(C)C)cc23)c(C)c1C.[Cl-].[Cl-].[Zr+3]. The van der Waals surface area contributed by atoms with Crippen LogP contribution >= 0.6 is 0 Å². The van der Waals surface area contributed by atoms with Crippen LogP contribution in [-0.4, -0.2) is 0 Å². The Morgan fingerprint density at radius 2 is 1.50 bits per heavy atom. The first-order chi connectivity index (χ1) is 9.99. The Bertz CT molecular complexity index is 816. The zero-order chi connectivity index (χ0) is 15.1. The summed E-state index contributed by atoms with van der Waals surface area (Å²) in [4.78, 5) is 0. The van der Waals surface area contributed by atoms with Crippen molar-refractivity contribution < 1.29 is 51.0 Å². The average Bonchev–Trinajstić information content (AvgIpc) is 2.89. The van der Waals surface area contributed by atoms with Crippen LogP contribution in [0.3, 0.4) is 0 Å². The van der Waals surface area contributed by atoms with Crippen LogP contribution in [0.4, 0.5) is 0 Å². The van der Waals surface area contributed by atoms with E-state index in [1.54, 1.807) is 0 Å². The first kappa shape index (κ1) is 23.5. The van der Waals surface area contributed by atoms with Crippen LogP contribution < -0.4 is 24.8 Å². The van der Waals surface area contributed by atoms with Gasteiger partial charge in [-0.25, -0.2) is 0 Å². The van der Waals surface area contributed by atoms with Crippen molar-refractivity contribution in [2.45, 2.75) is 40.5 Å². The molecule has 24 heavy (non-hydrogen) atoms. The van der Waals surface area contributed by atoms with Crippen LogP contribution in [0, 0.1) is 20.8 Å². The van der Waals surface area contributed by atoms with Gasteiger partial charge in [0.1, 0.15) is 0 Å². The monoisotopic (exact) mass is 435 g/mol. The van der Waals surface area contributed by atoms with E-state index in [-0.39, 0.29) is 51.0 Å². The molecular formula is C21H23Cl2Zr. The molecule has 0 atom stereocenters. The van der Waals surface area contributed by atoms with Crippen LogP contribution in [0.2, 0.25) is 0 Å². The van der Waals surface area contributed by atoms with Gasteiger partial charge in [0.05, 0.1) is 0 Å². The fourth-order valence-corrected chi connectivity index (χ4v) is 3.07. The molecule has 0 aliphatic rings. The Morgan fingerprint density at radius 3 is 2.12 bits per heavy atom. The summed E-state index contributed by atoms with van der Waals surface area (Å²) in [6.45, 7) is 11.2. The molecule has 0 spiro atoms. The van der Waals surface area contributed by atoms with Crippen molar-refractivity contribution in [3.05, 3.63) is 64.7 Å². The first-order valence-electron chi connectivity index (χ1n) is 7.75. The van der Waals surface area contributed by atoms with Crippen LogP contribution in [0.1, 0.15) is 42.0 Å². The Kier molecular flexibility index (Phi) is 9.09. The van der Waals surface area contributed by atoms with E-state index >= 15 is 0 Å². The van der Waals surface area contributed by atoms with Crippen LogP contribution in [0.25, 0.3) is 21.9 Å². The van der Waals surface area contributed by atoms with Gasteiger partial charge < -0.3 is 24.8 Å². The number of hydrogen-bond donors (Lipinski definition) is 0. The van der Waals surface area contributed by atoms with Gasteiger partial charge >= 0.3 is 26.2 Å². The second kappa shape index (κ2) is 9.28. The second-order valence-electron chi connectivity index (χ2n) is 6.43. The van der Waals surface area contributed by atoms with Crippen molar-refractivity contribution in [1.82, 2.24) is 0 Å². The molecule has 0 fully saturated rings. The largest absolute Gasteiger partial charge is 3.00 e.